The van der Waals surface area contributed by atoms with E-state index in [2.05, 4.69) is 32.3 Å². The number of carbonyl (C=O) groups excluding carboxylic acids is 2. The van der Waals surface area contributed by atoms with E-state index in [9.17, 15) is 9.59 Å². The maximum absolute atomic E-state index is 12.6. The van der Waals surface area contributed by atoms with Crippen molar-refractivity contribution in [2.75, 3.05) is 6.54 Å². The molecule has 25 heavy (non-hydrogen) atoms. The van der Waals surface area contributed by atoms with Gasteiger partial charge in [-0.25, -0.2) is 0 Å². The highest BCUT2D eigenvalue weighted by atomic mass is 16.2. The van der Waals surface area contributed by atoms with Gasteiger partial charge in [0.2, 0.25) is 0 Å². The summed E-state index contributed by atoms with van der Waals surface area (Å²) >= 11 is 0. The lowest BCUT2D eigenvalue weighted by Gasteiger charge is -2.18. The fourth-order valence-electron chi connectivity index (χ4n) is 4.55. The van der Waals surface area contributed by atoms with Crippen LogP contribution in [0.2, 0.25) is 0 Å². The van der Waals surface area contributed by atoms with Crippen molar-refractivity contribution in [1.29, 1.82) is 0 Å². The van der Waals surface area contributed by atoms with Crippen molar-refractivity contribution in [3.8, 4) is 0 Å². The summed E-state index contributed by atoms with van der Waals surface area (Å²) in [6, 6.07) is 7.09. The van der Waals surface area contributed by atoms with Gasteiger partial charge in [-0.3, -0.25) is 14.5 Å². The Kier molecular flexibility index (Phi) is 3.43. The zero-order chi connectivity index (χ0) is 17.9. The summed E-state index contributed by atoms with van der Waals surface area (Å²) < 4.78 is 2.42. The molecule has 1 aromatic carbocycles. The Morgan fingerprint density at radius 1 is 1.00 bits per heavy atom. The first-order valence-corrected chi connectivity index (χ1v) is 8.97. The molecule has 0 saturated heterocycles. The number of benzene rings is 1. The van der Waals surface area contributed by atoms with Crippen molar-refractivity contribution in [3.63, 3.8) is 0 Å². The molecule has 0 fully saturated rings. The van der Waals surface area contributed by atoms with E-state index in [1.54, 1.807) is 12.1 Å². The maximum Gasteiger partial charge on any atom is 0.261 e. The average Bonchev–Trinajstić information content (AvgIpc) is 3.12. The summed E-state index contributed by atoms with van der Waals surface area (Å²) in [6.45, 7) is 10.4. The summed E-state index contributed by atoms with van der Waals surface area (Å²) in [5.41, 5.74) is 6.61. The SMILES string of the molecule is Cc1c(C)c2n(c1CCN1C(=O)c3ccccc3C1=O)CCC2(C)C. The van der Waals surface area contributed by atoms with Gasteiger partial charge < -0.3 is 4.57 Å². The predicted molar refractivity (Wildman–Crippen MR) is 97.1 cm³/mol. The third kappa shape index (κ3) is 2.20. The van der Waals surface area contributed by atoms with Crippen LogP contribution in [0.15, 0.2) is 24.3 Å². The number of imide groups is 1. The Morgan fingerprint density at radius 2 is 1.60 bits per heavy atom. The van der Waals surface area contributed by atoms with E-state index in [1.165, 1.54) is 27.4 Å². The maximum atomic E-state index is 12.6. The summed E-state index contributed by atoms with van der Waals surface area (Å²) in [5.74, 6) is -0.327. The summed E-state index contributed by atoms with van der Waals surface area (Å²) in [4.78, 5) is 26.5. The van der Waals surface area contributed by atoms with Gasteiger partial charge in [0.05, 0.1) is 11.1 Å². The van der Waals surface area contributed by atoms with Gasteiger partial charge in [0.15, 0.2) is 0 Å². The van der Waals surface area contributed by atoms with Gasteiger partial charge >= 0.3 is 0 Å². The average molecular weight is 336 g/mol. The molecular weight excluding hydrogens is 312 g/mol. The van der Waals surface area contributed by atoms with Gasteiger partial charge in [0, 0.05) is 36.3 Å². The Morgan fingerprint density at radius 3 is 2.20 bits per heavy atom. The van der Waals surface area contributed by atoms with Crippen LogP contribution in [-0.4, -0.2) is 27.8 Å². The molecule has 0 radical (unpaired) electrons. The number of rotatable bonds is 3. The molecule has 2 aliphatic heterocycles. The van der Waals surface area contributed by atoms with Crippen molar-refractivity contribution >= 4 is 11.8 Å². The first-order chi connectivity index (χ1) is 11.8. The minimum Gasteiger partial charge on any atom is -0.347 e. The van der Waals surface area contributed by atoms with E-state index in [-0.39, 0.29) is 17.2 Å². The summed E-state index contributed by atoms with van der Waals surface area (Å²) in [6.07, 6.45) is 1.86. The van der Waals surface area contributed by atoms with E-state index in [4.69, 9.17) is 0 Å². The van der Waals surface area contributed by atoms with Crippen molar-refractivity contribution in [2.45, 2.75) is 52.5 Å². The first kappa shape index (κ1) is 16.1. The highest BCUT2D eigenvalue weighted by Gasteiger charge is 2.37. The van der Waals surface area contributed by atoms with Crippen molar-refractivity contribution in [3.05, 3.63) is 57.9 Å². The van der Waals surface area contributed by atoms with Gasteiger partial charge in [0.25, 0.3) is 11.8 Å². The van der Waals surface area contributed by atoms with Gasteiger partial charge in [-0.15, -0.1) is 0 Å². The van der Waals surface area contributed by atoms with Crippen molar-refractivity contribution in [1.82, 2.24) is 9.47 Å². The lowest BCUT2D eigenvalue weighted by Crippen LogP contribution is -2.32. The van der Waals surface area contributed by atoms with Crippen LogP contribution in [0.1, 0.15) is 63.5 Å². The number of aromatic nitrogens is 1. The lowest BCUT2D eigenvalue weighted by atomic mass is 9.86. The van der Waals surface area contributed by atoms with Crippen LogP contribution in [0.25, 0.3) is 0 Å². The molecule has 0 atom stereocenters. The molecule has 4 rings (SSSR count). The molecule has 2 aromatic rings. The molecule has 4 heteroatoms. The third-order valence-electron chi connectivity index (χ3n) is 6.00. The van der Waals surface area contributed by atoms with E-state index in [0.717, 1.165) is 13.0 Å². The predicted octanol–water partition coefficient (Wildman–Crippen LogP) is 3.62. The first-order valence-electron chi connectivity index (χ1n) is 8.97. The quantitative estimate of drug-likeness (QED) is 0.803. The molecular formula is C21H24N2O2. The van der Waals surface area contributed by atoms with E-state index >= 15 is 0 Å². The van der Waals surface area contributed by atoms with E-state index in [0.29, 0.717) is 24.1 Å². The molecule has 2 amide bonds. The Balaban J connectivity index is 1.61. The number of nitrogens with zero attached hydrogens (tertiary/aromatic N) is 2. The molecule has 0 bridgehead atoms. The molecule has 3 heterocycles. The van der Waals surface area contributed by atoms with Crippen LogP contribution in [0, 0.1) is 13.8 Å². The van der Waals surface area contributed by atoms with Crippen molar-refractivity contribution in [2.24, 2.45) is 0 Å². The monoisotopic (exact) mass is 336 g/mol. The van der Waals surface area contributed by atoms with Crippen LogP contribution < -0.4 is 0 Å². The van der Waals surface area contributed by atoms with Crippen LogP contribution in [0.4, 0.5) is 0 Å². The van der Waals surface area contributed by atoms with Crippen LogP contribution in [0.3, 0.4) is 0 Å². The second-order valence-electron chi connectivity index (χ2n) is 7.89. The highest BCUT2D eigenvalue weighted by Crippen LogP contribution is 2.40. The fourth-order valence-corrected chi connectivity index (χ4v) is 4.55. The third-order valence-corrected chi connectivity index (χ3v) is 6.00. The molecule has 1 aromatic heterocycles. The van der Waals surface area contributed by atoms with Crippen LogP contribution in [0.5, 0.6) is 0 Å². The molecule has 130 valence electrons. The molecule has 4 nitrogen and oxygen atoms in total. The molecule has 0 unspecified atom stereocenters. The van der Waals surface area contributed by atoms with E-state index < -0.39 is 0 Å². The van der Waals surface area contributed by atoms with Gasteiger partial charge in [-0.1, -0.05) is 26.0 Å². The molecule has 0 spiro atoms. The molecule has 0 aliphatic carbocycles. The Hall–Kier alpha value is -2.36. The zero-order valence-electron chi connectivity index (χ0n) is 15.3. The number of amides is 2. The molecule has 2 aliphatic rings. The summed E-state index contributed by atoms with van der Waals surface area (Å²) in [5, 5.41) is 0. The summed E-state index contributed by atoms with van der Waals surface area (Å²) in [7, 11) is 0. The Bertz CT molecular complexity index is 870. The number of fused-ring (bicyclic) bond motifs is 2. The number of hydrogen-bond donors (Lipinski definition) is 0. The van der Waals surface area contributed by atoms with Gasteiger partial charge in [-0.05, 0) is 43.5 Å². The number of carbonyl (C=O) groups is 2. The fraction of sp³-hybridized carbons (Fsp3) is 0.429. The second kappa shape index (κ2) is 5.32. The number of hydrogen-bond acceptors (Lipinski definition) is 2. The van der Waals surface area contributed by atoms with Crippen LogP contribution in [-0.2, 0) is 18.4 Å². The minimum absolute atomic E-state index is 0.163. The highest BCUT2D eigenvalue weighted by molar-refractivity contribution is 6.21. The van der Waals surface area contributed by atoms with E-state index in [1.807, 2.05) is 12.1 Å². The van der Waals surface area contributed by atoms with Crippen molar-refractivity contribution < 1.29 is 9.59 Å². The smallest absolute Gasteiger partial charge is 0.261 e. The normalized spacial score (nSPS) is 18.0. The largest absolute Gasteiger partial charge is 0.347 e. The topological polar surface area (TPSA) is 42.3 Å². The zero-order valence-corrected chi connectivity index (χ0v) is 15.3. The van der Waals surface area contributed by atoms with Gasteiger partial charge in [-0.2, -0.15) is 0 Å². The Labute approximate surface area is 148 Å². The molecule has 0 saturated carbocycles. The minimum atomic E-state index is -0.163. The lowest BCUT2D eigenvalue weighted by molar-refractivity contribution is 0.0655. The van der Waals surface area contributed by atoms with Crippen LogP contribution >= 0.6 is 0 Å². The second-order valence-corrected chi connectivity index (χ2v) is 7.89. The molecule has 0 N–H and O–H groups in total. The standard InChI is InChI=1S/C21H24N2O2/c1-13-14(2)18-21(3,4)10-12-22(18)17(13)9-11-23-19(24)15-7-5-6-8-16(15)20(23)25/h5-8H,9-12H2,1-4H3. The van der Waals surface area contributed by atoms with Gasteiger partial charge in [0.1, 0.15) is 0 Å².